The fraction of sp³-hybridized carbons (Fsp3) is 0.538. The molecule has 0 spiro atoms. The Kier molecular flexibility index (Phi) is 4.57. The Morgan fingerprint density at radius 3 is 3.11 bits per heavy atom. The first-order valence-electron chi connectivity index (χ1n) is 6.28. The number of nitrogens with zero attached hydrogens (tertiary/aromatic N) is 1. The van der Waals surface area contributed by atoms with Gasteiger partial charge >= 0.3 is 5.97 Å². The second-order valence-corrected chi connectivity index (χ2v) is 4.60. The third kappa shape index (κ3) is 3.82. The van der Waals surface area contributed by atoms with Gasteiger partial charge in [0.2, 0.25) is 5.91 Å². The van der Waals surface area contributed by atoms with Crippen molar-refractivity contribution in [3.05, 3.63) is 24.2 Å². The van der Waals surface area contributed by atoms with Crippen molar-refractivity contribution in [2.75, 3.05) is 26.7 Å². The third-order valence-electron chi connectivity index (χ3n) is 3.21. The smallest absolute Gasteiger partial charge is 0.310 e. The van der Waals surface area contributed by atoms with E-state index in [0.717, 1.165) is 18.7 Å². The van der Waals surface area contributed by atoms with Gasteiger partial charge in [0.15, 0.2) is 0 Å². The molecular formula is C13H18N2O4. The maximum absolute atomic E-state index is 11.7. The lowest BCUT2D eigenvalue weighted by molar-refractivity contribution is -0.145. The van der Waals surface area contributed by atoms with Gasteiger partial charge < -0.3 is 14.5 Å². The van der Waals surface area contributed by atoms with Gasteiger partial charge in [-0.15, -0.1) is 0 Å². The average molecular weight is 266 g/mol. The number of esters is 1. The molecule has 1 unspecified atom stereocenters. The summed E-state index contributed by atoms with van der Waals surface area (Å²) in [6.45, 7) is 2.02. The Morgan fingerprint density at radius 1 is 1.58 bits per heavy atom. The van der Waals surface area contributed by atoms with Gasteiger partial charge in [-0.05, 0) is 25.1 Å². The molecule has 0 aromatic carbocycles. The molecule has 0 radical (unpaired) electrons. The minimum atomic E-state index is -0.196. The predicted molar refractivity (Wildman–Crippen MR) is 67.1 cm³/mol. The van der Waals surface area contributed by atoms with Crippen LogP contribution in [0.4, 0.5) is 0 Å². The van der Waals surface area contributed by atoms with Gasteiger partial charge in [-0.2, -0.15) is 0 Å². The molecule has 0 saturated carbocycles. The molecule has 0 aliphatic carbocycles. The number of likely N-dealkylation sites (tertiary alicyclic amines) is 1. The molecule has 2 rings (SSSR count). The molecule has 1 N–H and O–H groups in total. The summed E-state index contributed by atoms with van der Waals surface area (Å²) in [5.41, 5.74) is 0. The number of nitrogens with one attached hydrogen (secondary N) is 1. The van der Waals surface area contributed by atoms with E-state index in [-0.39, 0.29) is 17.8 Å². The minimum Gasteiger partial charge on any atom is -0.469 e. The minimum absolute atomic E-state index is 0.0677. The van der Waals surface area contributed by atoms with E-state index < -0.39 is 0 Å². The van der Waals surface area contributed by atoms with Crippen LogP contribution in [0, 0.1) is 5.92 Å². The van der Waals surface area contributed by atoms with Crippen LogP contribution < -0.4 is 5.32 Å². The molecule has 1 aliphatic rings. The summed E-state index contributed by atoms with van der Waals surface area (Å²) in [6.07, 6.45) is 2.32. The zero-order valence-electron chi connectivity index (χ0n) is 10.9. The number of methoxy groups -OCH3 is 1. The molecule has 6 heteroatoms. The first kappa shape index (κ1) is 13.6. The van der Waals surface area contributed by atoms with Crippen molar-refractivity contribution in [1.82, 2.24) is 10.2 Å². The summed E-state index contributed by atoms with van der Waals surface area (Å²) in [7, 11) is 1.39. The van der Waals surface area contributed by atoms with E-state index in [1.807, 2.05) is 11.0 Å². The molecule has 1 aromatic rings. The van der Waals surface area contributed by atoms with Crippen LogP contribution in [0.3, 0.4) is 0 Å². The van der Waals surface area contributed by atoms with Crippen LogP contribution >= 0.6 is 0 Å². The first-order valence-corrected chi connectivity index (χ1v) is 6.28. The van der Waals surface area contributed by atoms with Gasteiger partial charge in [0.1, 0.15) is 5.76 Å². The number of furan rings is 1. The largest absolute Gasteiger partial charge is 0.469 e. The molecule has 2 heterocycles. The summed E-state index contributed by atoms with van der Waals surface area (Å²) in [4.78, 5) is 25.1. The second kappa shape index (κ2) is 6.38. The highest BCUT2D eigenvalue weighted by atomic mass is 16.5. The van der Waals surface area contributed by atoms with Crippen molar-refractivity contribution in [1.29, 1.82) is 0 Å². The van der Waals surface area contributed by atoms with E-state index in [1.165, 1.54) is 7.11 Å². The number of rotatable bonds is 5. The fourth-order valence-corrected chi connectivity index (χ4v) is 2.19. The van der Waals surface area contributed by atoms with Crippen molar-refractivity contribution in [2.45, 2.75) is 13.0 Å². The lowest BCUT2D eigenvalue weighted by atomic mass is 10.1. The molecular weight excluding hydrogens is 248 g/mol. The third-order valence-corrected chi connectivity index (χ3v) is 3.21. The quantitative estimate of drug-likeness (QED) is 0.781. The Hall–Kier alpha value is -1.82. The lowest BCUT2D eigenvalue weighted by Crippen LogP contribution is -2.36. The Balaban J connectivity index is 1.70. The topological polar surface area (TPSA) is 71.8 Å². The van der Waals surface area contributed by atoms with Crippen molar-refractivity contribution >= 4 is 11.9 Å². The van der Waals surface area contributed by atoms with Crippen LogP contribution in [0.25, 0.3) is 0 Å². The number of carbonyl (C=O) groups is 2. The molecule has 104 valence electrons. The van der Waals surface area contributed by atoms with E-state index in [1.54, 1.807) is 12.3 Å². The molecule has 1 saturated heterocycles. The standard InChI is InChI=1S/C13H18N2O4/c1-18-13(17)10-4-5-15(8-10)9-12(16)14-7-11-3-2-6-19-11/h2-3,6,10H,4-5,7-9H2,1H3,(H,14,16). The second-order valence-electron chi connectivity index (χ2n) is 4.60. The number of ether oxygens (including phenoxy) is 1. The van der Waals surface area contributed by atoms with Crippen LogP contribution in [0.5, 0.6) is 0 Å². The molecule has 0 bridgehead atoms. The molecule has 19 heavy (non-hydrogen) atoms. The molecule has 1 aromatic heterocycles. The predicted octanol–water partition coefficient (Wildman–Crippen LogP) is 0.391. The monoisotopic (exact) mass is 266 g/mol. The highest BCUT2D eigenvalue weighted by Gasteiger charge is 2.29. The molecule has 1 atom stereocenters. The van der Waals surface area contributed by atoms with Gasteiger partial charge in [-0.1, -0.05) is 0 Å². The fourth-order valence-electron chi connectivity index (χ4n) is 2.19. The van der Waals surface area contributed by atoms with Gasteiger partial charge in [0.25, 0.3) is 0 Å². The number of amides is 1. The summed E-state index contributed by atoms with van der Waals surface area (Å²) >= 11 is 0. The zero-order chi connectivity index (χ0) is 13.7. The lowest BCUT2D eigenvalue weighted by Gasteiger charge is -2.14. The van der Waals surface area contributed by atoms with Gasteiger partial charge in [-0.25, -0.2) is 0 Å². The van der Waals surface area contributed by atoms with Crippen LogP contribution in [0.2, 0.25) is 0 Å². The highest BCUT2D eigenvalue weighted by molar-refractivity contribution is 5.78. The normalized spacial score (nSPS) is 19.3. The number of hydrogen-bond donors (Lipinski definition) is 1. The van der Waals surface area contributed by atoms with E-state index >= 15 is 0 Å². The van der Waals surface area contributed by atoms with Crippen molar-refractivity contribution in [3.8, 4) is 0 Å². The Bertz CT molecular complexity index is 430. The molecule has 1 amide bonds. The van der Waals surface area contributed by atoms with Crippen LogP contribution in [-0.4, -0.2) is 43.5 Å². The van der Waals surface area contributed by atoms with E-state index in [2.05, 4.69) is 5.32 Å². The van der Waals surface area contributed by atoms with Gasteiger partial charge in [0, 0.05) is 6.54 Å². The number of carbonyl (C=O) groups excluding carboxylic acids is 2. The average Bonchev–Trinajstić information content (AvgIpc) is 3.06. The van der Waals surface area contributed by atoms with Crippen LogP contribution in [0.15, 0.2) is 22.8 Å². The SMILES string of the molecule is COC(=O)C1CCN(CC(=O)NCc2ccco2)C1. The van der Waals surface area contributed by atoms with Crippen molar-refractivity contribution in [2.24, 2.45) is 5.92 Å². The molecule has 6 nitrogen and oxygen atoms in total. The Labute approximate surface area is 111 Å². The molecule has 1 fully saturated rings. The van der Waals surface area contributed by atoms with E-state index in [9.17, 15) is 9.59 Å². The summed E-state index contributed by atoms with van der Waals surface area (Å²) in [5.74, 6) is 0.352. The maximum Gasteiger partial charge on any atom is 0.310 e. The number of hydrogen-bond acceptors (Lipinski definition) is 5. The first-order chi connectivity index (χ1) is 9.19. The van der Waals surface area contributed by atoms with Crippen LogP contribution in [-0.2, 0) is 20.9 Å². The Morgan fingerprint density at radius 2 is 2.42 bits per heavy atom. The highest BCUT2D eigenvalue weighted by Crippen LogP contribution is 2.16. The molecule has 1 aliphatic heterocycles. The van der Waals surface area contributed by atoms with Crippen molar-refractivity contribution in [3.63, 3.8) is 0 Å². The van der Waals surface area contributed by atoms with E-state index in [0.29, 0.717) is 19.6 Å². The van der Waals surface area contributed by atoms with Crippen molar-refractivity contribution < 1.29 is 18.7 Å². The van der Waals surface area contributed by atoms with Gasteiger partial charge in [0.05, 0.1) is 32.4 Å². The summed E-state index contributed by atoms with van der Waals surface area (Å²) in [6, 6.07) is 3.59. The summed E-state index contributed by atoms with van der Waals surface area (Å²) in [5, 5.41) is 2.78. The van der Waals surface area contributed by atoms with E-state index in [4.69, 9.17) is 9.15 Å². The zero-order valence-corrected chi connectivity index (χ0v) is 10.9. The van der Waals surface area contributed by atoms with Gasteiger partial charge in [-0.3, -0.25) is 14.5 Å². The summed E-state index contributed by atoms with van der Waals surface area (Å²) < 4.78 is 9.83. The maximum atomic E-state index is 11.7. The van der Waals surface area contributed by atoms with Crippen LogP contribution in [0.1, 0.15) is 12.2 Å².